The Kier molecular flexibility index (Phi) is 6.07. The van der Waals surface area contributed by atoms with Crippen LogP contribution in [0.25, 0.3) is 6.08 Å². The molecule has 1 aliphatic heterocycles. The number of carbonyl (C=O) groups is 1. The summed E-state index contributed by atoms with van der Waals surface area (Å²) in [4.78, 5) is 13.3. The van der Waals surface area contributed by atoms with Crippen LogP contribution in [-0.2, 0) is 27.2 Å². The van der Waals surface area contributed by atoms with Crippen LogP contribution in [0.2, 0.25) is 0 Å². The fraction of sp³-hybridized carbons (Fsp3) is 0.812. The van der Waals surface area contributed by atoms with E-state index in [1.54, 1.807) is 0 Å². The number of hydrogen-bond acceptors (Lipinski definition) is 6. The van der Waals surface area contributed by atoms with E-state index in [1.807, 2.05) is 6.92 Å². The second kappa shape index (κ2) is 8.98. The van der Waals surface area contributed by atoms with Crippen LogP contribution in [0.5, 0.6) is 0 Å². The average Bonchev–Trinajstić information content (AvgIpc) is 3.65. The summed E-state index contributed by atoms with van der Waals surface area (Å²) in [6.45, 7) is 9.09. The molecule has 0 spiro atoms. The number of aliphatic hydroxyl groups excluding tert-OH is 2. The molecule has 3 unspecified atom stereocenters. The summed E-state index contributed by atoms with van der Waals surface area (Å²) in [6, 6.07) is 0. The molecule has 5 fully saturated rings. The molecule has 214 valence electrons. The Balaban J connectivity index is 1.19. The van der Waals surface area contributed by atoms with E-state index in [0.717, 1.165) is 44.1 Å². The van der Waals surface area contributed by atoms with Gasteiger partial charge in [-0.3, -0.25) is 9.48 Å². The number of allylic oxidation sites excluding steroid dienone is 1. The van der Waals surface area contributed by atoms with Gasteiger partial charge >= 0.3 is 0 Å². The zero-order chi connectivity index (χ0) is 27.3. The Hall–Kier alpha value is -1.54. The molecular formula is C32H46N2O5. The van der Waals surface area contributed by atoms with Gasteiger partial charge in [-0.1, -0.05) is 39.2 Å². The Morgan fingerprint density at radius 1 is 1.21 bits per heavy atom. The molecule has 39 heavy (non-hydrogen) atoms. The molecule has 7 rings (SSSR count). The second-order valence-electron chi connectivity index (χ2n) is 14.3. The van der Waals surface area contributed by atoms with Crippen molar-refractivity contribution in [2.45, 2.75) is 116 Å². The van der Waals surface area contributed by atoms with Crippen molar-refractivity contribution in [3.8, 4) is 0 Å². The number of carbonyl (C=O) groups excluding carboxylic acids is 1. The summed E-state index contributed by atoms with van der Waals surface area (Å²) < 4.78 is 14.8. The largest absolute Gasteiger partial charge is 0.393 e. The molecule has 1 aromatic heterocycles. The number of aromatic nitrogens is 2. The molecule has 1 saturated heterocycles. The van der Waals surface area contributed by atoms with Crippen LogP contribution in [0.15, 0.2) is 11.8 Å². The lowest BCUT2D eigenvalue weighted by molar-refractivity contribution is -0.199. The molecule has 7 heteroatoms. The van der Waals surface area contributed by atoms with Crippen LogP contribution < -0.4 is 0 Å². The number of fused-ring (bicyclic) bond motifs is 8. The van der Waals surface area contributed by atoms with Gasteiger partial charge in [0.15, 0.2) is 17.7 Å². The molecule has 7 nitrogen and oxygen atoms in total. The summed E-state index contributed by atoms with van der Waals surface area (Å²) in [5.41, 5.74) is 2.18. The predicted octanol–water partition coefficient (Wildman–Crippen LogP) is 4.53. The fourth-order valence-corrected chi connectivity index (χ4v) is 10.9. The SMILES string of the molecule is CCC1CCC(Cn2ncc3c2C=C2CC[C@@H]4[C@H]([C@@H](O)C[C@@]5(C)[C@H]4C[C@H]4OC(C)O[C@]45C(=O)CO)[C@@]2(C)C3)C1. The molecule has 4 saturated carbocycles. The van der Waals surface area contributed by atoms with Gasteiger partial charge in [0, 0.05) is 12.0 Å². The molecule has 5 aliphatic carbocycles. The molecule has 0 aromatic carbocycles. The van der Waals surface area contributed by atoms with Gasteiger partial charge in [0.25, 0.3) is 0 Å². The zero-order valence-corrected chi connectivity index (χ0v) is 24.1. The Bertz CT molecular complexity index is 1190. The first kappa shape index (κ1) is 26.4. The summed E-state index contributed by atoms with van der Waals surface area (Å²) in [7, 11) is 0. The first-order chi connectivity index (χ1) is 18.6. The van der Waals surface area contributed by atoms with E-state index in [2.05, 4.69) is 37.7 Å². The third kappa shape index (κ3) is 3.49. The fourth-order valence-electron chi connectivity index (χ4n) is 10.9. The van der Waals surface area contributed by atoms with Crippen molar-refractivity contribution < 1.29 is 24.5 Å². The highest BCUT2D eigenvalue weighted by Gasteiger charge is 2.75. The van der Waals surface area contributed by atoms with E-state index in [4.69, 9.17) is 14.6 Å². The monoisotopic (exact) mass is 538 g/mol. The number of ether oxygens (including phenoxy) is 2. The Morgan fingerprint density at radius 2 is 2.00 bits per heavy atom. The topological polar surface area (TPSA) is 93.8 Å². The highest BCUT2D eigenvalue weighted by Crippen LogP contribution is 2.70. The number of ketones is 1. The summed E-state index contributed by atoms with van der Waals surface area (Å²) >= 11 is 0. The van der Waals surface area contributed by atoms with Crippen molar-refractivity contribution >= 4 is 11.9 Å². The maximum Gasteiger partial charge on any atom is 0.193 e. The minimum atomic E-state index is -1.17. The minimum Gasteiger partial charge on any atom is -0.393 e. The lowest BCUT2D eigenvalue weighted by Crippen LogP contribution is -2.63. The summed E-state index contributed by atoms with van der Waals surface area (Å²) in [6.07, 6.45) is 12.5. The van der Waals surface area contributed by atoms with Gasteiger partial charge in [0.2, 0.25) is 0 Å². The number of aliphatic hydroxyl groups is 2. The van der Waals surface area contributed by atoms with Crippen LogP contribution in [0.1, 0.15) is 90.3 Å². The molecule has 2 N–H and O–H groups in total. The molecular weight excluding hydrogens is 492 g/mol. The normalized spacial score (nSPS) is 48.1. The molecule has 2 heterocycles. The number of rotatable bonds is 5. The van der Waals surface area contributed by atoms with Crippen molar-refractivity contribution in [3.63, 3.8) is 0 Å². The van der Waals surface area contributed by atoms with Gasteiger partial charge in [0.1, 0.15) is 6.61 Å². The highest BCUT2D eigenvalue weighted by molar-refractivity contribution is 5.91. The third-order valence-corrected chi connectivity index (χ3v) is 12.6. The van der Waals surface area contributed by atoms with Crippen LogP contribution in [0.4, 0.5) is 0 Å². The first-order valence-corrected chi connectivity index (χ1v) is 15.6. The van der Waals surface area contributed by atoms with Crippen LogP contribution in [0, 0.1) is 40.4 Å². The lowest BCUT2D eigenvalue weighted by atomic mass is 9.45. The van der Waals surface area contributed by atoms with Gasteiger partial charge in [-0.25, -0.2) is 0 Å². The van der Waals surface area contributed by atoms with Crippen molar-refractivity contribution in [1.82, 2.24) is 9.78 Å². The smallest absolute Gasteiger partial charge is 0.193 e. The maximum atomic E-state index is 13.3. The van der Waals surface area contributed by atoms with Crippen molar-refractivity contribution in [2.75, 3.05) is 6.61 Å². The van der Waals surface area contributed by atoms with E-state index in [-0.39, 0.29) is 35.1 Å². The van der Waals surface area contributed by atoms with E-state index in [1.165, 1.54) is 42.5 Å². The van der Waals surface area contributed by atoms with Crippen molar-refractivity contribution in [1.29, 1.82) is 0 Å². The van der Waals surface area contributed by atoms with Gasteiger partial charge in [-0.15, -0.1) is 0 Å². The Labute approximate surface area is 232 Å². The second-order valence-corrected chi connectivity index (χ2v) is 14.3. The van der Waals surface area contributed by atoms with Crippen LogP contribution >= 0.6 is 0 Å². The lowest BCUT2D eigenvalue weighted by Gasteiger charge is -2.60. The van der Waals surface area contributed by atoms with Crippen molar-refractivity contribution in [3.05, 3.63) is 23.0 Å². The molecule has 0 amide bonds. The predicted molar refractivity (Wildman–Crippen MR) is 146 cm³/mol. The highest BCUT2D eigenvalue weighted by atomic mass is 16.7. The zero-order valence-electron chi connectivity index (χ0n) is 24.1. The molecule has 6 aliphatic rings. The van der Waals surface area contributed by atoms with Gasteiger partial charge < -0.3 is 19.7 Å². The van der Waals surface area contributed by atoms with Crippen LogP contribution in [0.3, 0.4) is 0 Å². The summed E-state index contributed by atoms with van der Waals surface area (Å²) in [5, 5.41) is 26.8. The quantitative estimate of drug-likeness (QED) is 0.572. The van der Waals surface area contributed by atoms with Crippen LogP contribution in [-0.4, -0.2) is 56.5 Å². The first-order valence-electron chi connectivity index (χ1n) is 15.6. The number of hydrogen-bond donors (Lipinski definition) is 2. The van der Waals surface area contributed by atoms with Crippen molar-refractivity contribution in [2.24, 2.45) is 40.4 Å². The molecule has 0 bridgehead atoms. The van der Waals surface area contributed by atoms with Gasteiger partial charge in [0.05, 0.1) is 24.1 Å². The van der Waals surface area contributed by atoms with Gasteiger partial charge in [-0.2, -0.15) is 5.10 Å². The standard InChI is InChI=1S/C32H46N2O5/c1-5-19-6-7-20(10-19)16-34-25-11-22-8-9-23-24-12-28-32(27(37)17-35,39-18(2)38-28)31(24,4)14-26(36)29(23)30(22,3)13-21(25)15-33-34/h11,15,18-20,23-24,26,28-29,35-36H,5-10,12-14,16-17H2,1-4H3/t18?,19?,20?,23-,24-,26-,28+,29+,30-,31-,32+/m0/s1. The van der Waals surface area contributed by atoms with E-state index < -0.39 is 30.0 Å². The van der Waals surface area contributed by atoms with Gasteiger partial charge in [-0.05, 0) is 98.5 Å². The molecule has 0 radical (unpaired) electrons. The molecule has 11 atom stereocenters. The molecule has 1 aromatic rings. The van der Waals surface area contributed by atoms with E-state index in [0.29, 0.717) is 6.42 Å². The number of nitrogens with zero attached hydrogens (tertiary/aromatic N) is 2. The van der Waals surface area contributed by atoms with E-state index in [9.17, 15) is 15.0 Å². The summed E-state index contributed by atoms with van der Waals surface area (Å²) in [5.74, 6) is 1.90. The average molecular weight is 539 g/mol. The number of Topliss-reactive ketones (excluding diaryl/α,β-unsaturated/α-hetero) is 1. The minimum absolute atomic E-state index is 0.116. The maximum absolute atomic E-state index is 13.3. The Morgan fingerprint density at radius 3 is 2.74 bits per heavy atom. The third-order valence-electron chi connectivity index (χ3n) is 12.6. The van der Waals surface area contributed by atoms with E-state index >= 15 is 0 Å².